The maximum Gasteiger partial charge on any atom is 0.220 e. The van der Waals surface area contributed by atoms with Crippen molar-refractivity contribution in [2.24, 2.45) is 0 Å². The molecule has 0 saturated heterocycles. The first-order valence-electron chi connectivity index (χ1n) is 7.50. The van der Waals surface area contributed by atoms with E-state index >= 15 is 0 Å². The van der Waals surface area contributed by atoms with Crippen LogP contribution < -0.4 is 10.6 Å². The second-order valence-electron chi connectivity index (χ2n) is 4.80. The number of carbonyl (C=O) groups is 1. The predicted octanol–water partition coefficient (Wildman–Crippen LogP) is 2.34. The lowest BCUT2D eigenvalue weighted by atomic mass is 10.1. The molecule has 4 nitrogen and oxygen atoms in total. The Morgan fingerprint density at radius 3 is 2.42 bits per heavy atom. The molecule has 0 aromatic rings. The number of carbonyl (C=O) groups excluding carboxylic acids is 1. The molecule has 0 aliphatic carbocycles. The number of allylic oxidation sites excluding steroid dienone is 1. The molecule has 3 N–H and O–H groups in total. The third-order valence-corrected chi connectivity index (χ3v) is 2.98. The average Bonchev–Trinajstić information content (AvgIpc) is 2.41. The fraction of sp³-hybridized carbons (Fsp3) is 0.800. The molecule has 4 heteroatoms. The van der Waals surface area contributed by atoms with E-state index in [0.29, 0.717) is 19.7 Å². The molecule has 0 aromatic carbocycles. The summed E-state index contributed by atoms with van der Waals surface area (Å²) in [5.74, 6) is 0.110. The highest BCUT2D eigenvalue weighted by Crippen LogP contribution is 2.04. The van der Waals surface area contributed by atoms with E-state index in [1.165, 1.54) is 19.3 Å². The van der Waals surface area contributed by atoms with Crippen LogP contribution in [0.5, 0.6) is 0 Å². The number of nitrogens with one attached hydrogen (secondary N) is 2. The molecule has 1 amide bonds. The number of unbranched alkanes of at least 4 members (excludes halogenated alkanes) is 6. The smallest absolute Gasteiger partial charge is 0.220 e. The van der Waals surface area contributed by atoms with Gasteiger partial charge >= 0.3 is 0 Å². The van der Waals surface area contributed by atoms with Gasteiger partial charge in [-0.1, -0.05) is 31.8 Å². The molecule has 0 aliphatic rings. The number of hydrogen-bond acceptors (Lipinski definition) is 3. The maximum absolute atomic E-state index is 11.3. The minimum Gasteiger partial charge on any atom is -0.396 e. The standard InChI is InChI=1S/C15H30N2O2/c1-2-3-8-11-15(19)17-14-16-12-9-6-4-5-7-10-13-18/h2,16,18H,1,3-14H2,(H,17,19). The van der Waals surface area contributed by atoms with Crippen LogP contribution in [0.2, 0.25) is 0 Å². The van der Waals surface area contributed by atoms with Crippen molar-refractivity contribution < 1.29 is 9.90 Å². The van der Waals surface area contributed by atoms with E-state index in [4.69, 9.17) is 5.11 Å². The van der Waals surface area contributed by atoms with Crippen molar-refractivity contribution in [2.45, 2.75) is 57.8 Å². The van der Waals surface area contributed by atoms with E-state index in [-0.39, 0.29) is 5.91 Å². The molecule has 112 valence electrons. The number of aliphatic hydroxyl groups excluding tert-OH is 1. The zero-order valence-electron chi connectivity index (χ0n) is 12.1. The van der Waals surface area contributed by atoms with Crippen molar-refractivity contribution in [1.29, 1.82) is 0 Å². The Bertz CT molecular complexity index is 220. The normalized spacial score (nSPS) is 10.4. The first-order chi connectivity index (χ1) is 9.31. The molecule has 0 rings (SSSR count). The molecule has 0 bridgehead atoms. The molecule has 0 fully saturated rings. The van der Waals surface area contributed by atoms with E-state index in [2.05, 4.69) is 17.2 Å². The fourth-order valence-corrected chi connectivity index (χ4v) is 1.81. The summed E-state index contributed by atoms with van der Waals surface area (Å²) in [5.41, 5.74) is 0. The van der Waals surface area contributed by atoms with Crippen molar-refractivity contribution >= 4 is 5.91 Å². The Morgan fingerprint density at radius 2 is 1.74 bits per heavy atom. The summed E-state index contributed by atoms with van der Waals surface area (Å²) in [7, 11) is 0. The van der Waals surface area contributed by atoms with E-state index in [0.717, 1.165) is 38.6 Å². The number of amides is 1. The average molecular weight is 270 g/mol. The van der Waals surface area contributed by atoms with E-state index in [9.17, 15) is 4.79 Å². The van der Waals surface area contributed by atoms with Crippen molar-refractivity contribution in [1.82, 2.24) is 10.6 Å². The molecule has 0 heterocycles. The zero-order valence-corrected chi connectivity index (χ0v) is 12.1. The largest absolute Gasteiger partial charge is 0.396 e. The Hall–Kier alpha value is -0.870. The van der Waals surface area contributed by atoms with Gasteiger partial charge in [0.25, 0.3) is 0 Å². The highest BCUT2D eigenvalue weighted by molar-refractivity contribution is 5.75. The third kappa shape index (κ3) is 15.1. The lowest BCUT2D eigenvalue weighted by molar-refractivity contribution is -0.121. The second kappa shape index (κ2) is 15.2. The lowest BCUT2D eigenvalue weighted by Crippen LogP contribution is -2.34. The van der Waals surface area contributed by atoms with Crippen molar-refractivity contribution in [3.05, 3.63) is 12.7 Å². The van der Waals surface area contributed by atoms with Crippen molar-refractivity contribution in [2.75, 3.05) is 19.8 Å². The second-order valence-corrected chi connectivity index (χ2v) is 4.80. The van der Waals surface area contributed by atoms with Gasteiger partial charge in [-0.15, -0.1) is 6.58 Å². The zero-order chi connectivity index (χ0) is 14.2. The van der Waals surface area contributed by atoms with Gasteiger partial charge in [0.2, 0.25) is 5.91 Å². The lowest BCUT2D eigenvalue weighted by Gasteiger charge is -2.07. The fourth-order valence-electron chi connectivity index (χ4n) is 1.81. The minimum absolute atomic E-state index is 0.110. The number of aliphatic hydroxyl groups is 1. The molecule has 0 aliphatic heterocycles. The molecular weight excluding hydrogens is 240 g/mol. The van der Waals surface area contributed by atoms with Gasteiger partial charge in [-0.3, -0.25) is 10.1 Å². The van der Waals surface area contributed by atoms with E-state index in [1.54, 1.807) is 0 Å². The molecule has 0 radical (unpaired) electrons. The molecule has 0 saturated carbocycles. The van der Waals surface area contributed by atoms with Gasteiger partial charge < -0.3 is 10.4 Å². The van der Waals surface area contributed by atoms with Crippen LogP contribution in [0.1, 0.15) is 57.8 Å². The quantitative estimate of drug-likeness (QED) is 0.258. The van der Waals surface area contributed by atoms with Crippen LogP contribution in [0.25, 0.3) is 0 Å². The number of hydrogen-bond donors (Lipinski definition) is 3. The summed E-state index contributed by atoms with van der Waals surface area (Å²) in [5, 5.41) is 14.7. The minimum atomic E-state index is 0.110. The van der Waals surface area contributed by atoms with Crippen molar-refractivity contribution in [3.8, 4) is 0 Å². The molecule has 0 spiro atoms. The summed E-state index contributed by atoms with van der Waals surface area (Å²) in [4.78, 5) is 11.3. The van der Waals surface area contributed by atoms with Crippen LogP contribution in [-0.2, 0) is 4.79 Å². The highest BCUT2D eigenvalue weighted by atomic mass is 16.2. The maximum atomic E-state index is 11.3. The van der Waals surface area contributed by atoms with Gasteiger partial charge in [0.05, 0.1) is 6.67 Å². The third-order valence-electron chi connectivity index (χ3n) is 2.98. The first kappa shape index (κ1) is 18.1. The first-order valence-corrected chi connectivity index (χ1v) is 7.50. The van der Waals surface area contributed by atoms with Gasteiger partial charge in [0, 0.05) is 13.0 Å². The molecule has 0 unspecified atom stereocenters. The monoisotopic (exact) mass is 270 g/mol. The van der Waals surface area contributed by atoms with Crippen LogP contribution in [-0.4, -0.2) is 30.8 Å². The van der Waals surface area contributed by atoms with E-state index in [1.807, 2.05) is 6.08 Å². The summed E-state index contributed by atoms with van der Waals surface area (Å²) >= 11 is 0. The van der Waals surface area contributed by atoms with Gasteiger partial charge in [-0.25, -0.2) is 0 Å². The van der Waals surface area contributed by atoms with Gasteiger partial charge in [-0.2, -0.15) is 0 Å². The Kier molecular flexibility index (Phi) is 14.5. The van der Waals surface area contributed by atoms with Gasteiger partial charge in [0.1, 0.15) is 0 Å². The Morgan fingerprint density at radius 1 is 1.05 bits per heavy atom. The Balaban J connectivity index is 3.09. The molecule has 0 atom stereocenters. The summed E-state index contributed by atoms with van der Waals surface area (Å²) in [6, 6.07) is 0. The molecule has 19 heavy (non-hydrogen) atoms. The van der Waals surface area contributed by atoms with Crippen LogP contribution in [0.4, 0.5) is 0 Å². The van der Waals surface area contributed by atoms with Crippen molar-refractivity contribution in [3.63, 3.8) is 0 Å². The summed E-state index contributed by atoms with van der Waals surface area (Å²) < 4.78 is 0. The SMILES string of the molecule is C=CCCCC(=O)NCNCCCCCCCCO. The Labute approximate surface area is 117 Å². The van der Waals surface area contributed by atoms with Gasteiger partial charge in [0.15, 0.2) is 0 Å². The predicted molar refractivity (Wildman–Crippen MR) is 79.8 cm³/mol. The van der Waals surface area contributed by atoms with Gasteiger partial charge in [-0.05, 0) is 32.2 Å². The van der Waals surface area contributed by atoms with E-state index < -0.39 is 0 Å². The summed E-state index contributed by atoms with van der Waals surface area (Å²) in [6.07, 6.45) is 11.1. The molecule has 0 aromatic heterocycles. The van der Waals surface area contributed by atoms with Crippen LogP contribution in [0, 0.1) is 0 Å². The molecular formula is C15H30N2O2. The summed E-state index contributed by atoms with van der Waals surface area (Å²) in [6.45, 7) is 5.46. The van der Waals surface area contributed by atoms with Crippen LogP contribution >= 0.6 is 0 Å². The van der Waals surface area contributed by atoms with Crippen LogP contribution in [0.3, 0.4) is 0 Å². The number of rotatable bonds is 14. The highest BCUT2D eigenvalue weighted by Gasteiger charge is 1.98. The van der Waals surface area contributed by atoms with Crippen LogP contribution in [0.15, 0.2) is 12.7 Å². The topological polar surface area (TPSA) is 61.4 Å².